The first-order chi connectivity index (χ1) is 41.8. The van der Waals surface area contributed by atoms with Crippen LogP contribution in [-0.4, -0.2) is 186 Å². The van der Waals surface area contributed by atoms with Gasteiger partial charge < -0.3 is 88.6 Å². The Labute approximate surface area is 508 Å². The Kier molecular flexibility index (Phi) is 16.5. The van der Waals surface area contributed by atoms with Crippen LogP contribution in [-0.2, 0) is 102 Å². The van der Waals surface area contributed by atoms with E-state index in [1.54, 1.807) is 12.1 Å². The van der Waals surface area contributed by atoms with Gasteiger partial charge in [0.1, 0.15) is 48.8 Å². The molecule has 0 aliphatic carbocycles. The highest BCUT2D eigenvalue weighted by molar-refractivity contribution is 8.08. The minimum atomic E-state index is -4.22. The first-order valence-electron chi connectivity index (χ1n) is 25.7. The quantitative estimate of drug-likeness (QED) is 0.0991. The molecule has 48 heteroatoms. The van der Waals surface area contributed by atoms with Crippen molar-refractivity contribution in [3.63, 3.8) is 0 Å². The van der Waals surface area contributed by atoms with Gasteiger partial charge in [0.2, 0.25) is 11.9 Å². The van der Waals surface area contributed by atoms with E-state index < -0.39 is 150 Å². The number of hydrogen-bond acceptors (Lipinski definition) is 32. The van der Waals surface area contributed by atoms with E-state index in [2.05, 4.69) is 60.7 Å². The van der Waals surface area contributed by atoms with Crippen molar-refractivity contribution in [1.82, 2.24) is 79.1 Å². The molecule has 8 aromatic rings. The average molecular weight is 1390 g/mol. The van der Waals surface area contributed by atoms with Crippen molar-refractivity contribution >= 4 is 131 Å². The highest BCUT2D eigenvalue weighted by Crippen LogP contribution is 2.57. The molecular weight excluding hydrogens is 1340 g/mol. The van der Waals surface area contributed by atoms with Gasteiger partial charge in [0.15, 0.2) is 58.4 Å². The third kappa shape index (κ3) is 12.0. The van der Waals surface area contributed by atoms with E-state index in [1.165, 1.54) is 33.8 Å². The number of imidazole rings is 2. The van der Waals surface area contributed by atoms with Crippen LogP contribution in [0.25, 0.3) is 33.6 Å². The predicted octanol–water partition coefficient (Wildman–Crippen LogP) is -0.524. The number of fused-ring (bicyclic) bond motifs is 10. The largest absolute Gasteiger partial charge is 0.396 e. The van der Waals surface area contributed by atoms with Crippen molar-refractivity contribution < 1.29 is 83.5 Å². The molecule has 88 heavy (non-hydrogen) atoms. The lowest BCUT2D eigenvalue weighted by atomic mass is 10.1. The molecule has 4 unspecified atom stereocenters. The number of ether oxygens (including phenoxy) is 4. The van der Waals surface area contributed by atoms with Crippen molar-refractivity contribution in [3.8, 4) is 0 Å². The van der Waals surface area contributed by atoms with Gasteiger partial charge in [-0.1, -0.05) is 10.4 Å². The summed E-state index contributed by atoms with van der Waals surface area (Å²) >= 11 is 20.9. The molecule has 6 fully saturated rings. The molecule has 0 saturated carbocycles. The maximum absolute atomic E-state index is 15.8. The van der Waals surface area contributed by atoms with Crippen molar-refractivity contribution in [3.05, 3.63) is 69.0 Å². The van der Waals surface area contributed by atoms with Gasteiger partial charge in [-0.2, -0.15) is 29.5 Å². The molecule has 38 nitrogen and oxygen atoms in total. The van der Waals surface area contributed by atoms with Crippen molar-refractivity contribution in [2.75, 3.05) is 49.4 Å². The Balaban J connectivity index is 0.000000162. The number of nitrogen functional groups attached to an aromatic ring is 4. The van der Waals surface area contributed by atoms with E-state index in [0.717, 1.165) is 9.36 Å². The number of rotatable bonds is 4. The number of aromatic amines is 2. The maximum Gasteiger partial charge on any atom is 0.325 e. The van der Waals surface area contributed by atoms with Crippen LogP contribution >= 0.6 is 26.9 Å². The molecule has 0 radical (unpaired) electrons. The number of H-pyrrole nitrogens is 2. The molecular formula is C40H46F2N20O18P4S4. The minimum Gasteiger partial charge on any atom is -0.396 e. The molecule has 14 heterocycles. The number of anilines is 4. The summed E-state index contributed by atoms with van der Waals surface area (Å²) in [6, 6.07) is 3.20. The lowest BCUT2D eigenvalue weighted by molar-refractivity contribution is -0.0607. The molecule has 4 bridgehead atoms. The lowest BCUT2D eigenvalue weighted by Crippen LogP contribution is -2.32. The third-order valence-corrected chi connectivity index (χ3v) is 20.6. The number of halogens is 2. The van der Waals surface area contributed by atoms with Crippen LogP contribution in [0.3, 0.4) is 0 Å². The zero-order valence-electron chi connectivity index (χ0n) is 44.0. The van der Waals surface area contributed by atoms with Gasteiger partial charge in [-0.25, -0.2) is 27.8 Å². The summed E-state index contributed by atoms with van der Waals surface area (Å²) in [5.74, 6) is -0.525. The maximum atomic E-state index is 15.8. The van der Waals surface area contributed by atoms with E-state index in [9.17, 15) is 29.2 Å². The normalized spacial score (nSPS) is 36.6. The molecule has 14 rings (SSSR count). The van der Waals surface area contributed by atoms with Crippen molar-refractivity contribution in [2.45, 2.75) is 98.7 Å². The van der Waals surface area contributed by atoms with Crippen LogP contribution in [0.5, 0.6) is 0 Å². The van der Waals surface area contributed by atoms with Gasteiger partial charge in [0, 0.05) is 12.8 Å². The molecule has 18 atom stereocenters. The number of nitrogens with one attached hydrogen (secondary N) is 2. The Bertz CT molecular complexity index is 4090. The summed E-state index contributed by atoms with van der Waals surface area (Å²) in [6.45, 7) is -18.5. The van der Waals surface area contributed by atoms with Gasteiger partial charge in [0.05, 0.1) is 86.2 Å². The van der Waals surface area contributed by atoms with E-state index in [-0.39, 0.29) is 47.1 Å². The van der Waals surface area contributed by atoms with Crippen LogP contribution in [0.1, 0.15) is 48.9 Å². The van der Waals surface area contributed by atoms with Gasteiger partial charge in [0.25, 0.3) is 11.1 Å². The molecule has 0 spiro atoms. The average Bonchev–Trinajstić information content (AvgIpc) is 2.42. The third-order valence-electron chi connectivity index (χ3n) is 14.3. The molecule has 0 amide bonds. The second-order valence-corrected chi connectivity index (χ2v) is 31.2. The zero-order valence-corrected chi connectivity index (χ0v) is 50.9. The number of nitrogens with zero attached hydrogens (tertiary/aromatic N) is 14. The van der Waals surface area contributed by atoms with Crippen LogP contribution in [0.2, 0.25) is 0 Å². The summed E-state index contributed by atoms with van der Waals surface area (Å²) < 4.78 is 105. The van der Waals surface area contributed by atoms with Crippen molar-refractivity contribution in [1.29, 1.82) is 0 Å². The Morgan fingerprint density at radius 3 is 1.31 bits per heavy atom. The predicted molar refractivity (Wildman–Crippen MR) is 307 cm³/mol. The zero-order chi connectivity index (χ0) is 61.9. The molecule has 472 valence electrons. The summed E-state index contributed by atoms with van der Waals surface area (Å²) in [5, 5.41) is 23.8. The molecule has 0 aromatic carbocycles. The number of nitrogens with two attached hydrogens (primary N) is 4. The summed E-state index contributed by atoms with van der Waals surface area (Å²) in [7, 11) is 0. The molecule has 6 aliphatic rings. The monoisotopic (exact) mass is 1380 g/mol. The first kappa shape index (κ1) is 61.7. The number of aromatic nitrogens is 16. The van der Waals surface area contributed by atoms with Crippen LogP contribution in [0.4, 0.5) is 32.1 Å². The molecule has 6 saturated heterocycles. The minimum absolute atomic E-state index is 0.140. The van der Waals surface area contributed by atoms with E-state index >= 15 is 8.78 Å². The van der Waals surface area contributed by atoms with Crippen LogP contribution in [0.15, 0.2) is 46.5 Å². The molecule has 8 aromatic heterocycles. The highest BCUT2D eigenvalue weighted by atomic mass is 32.5. The van der Waals surface area contributed by atoms with Crippen molar-refractivity contribution in [2.24, 2.45) is 0 Å². The second-order valence-electron chi connectivity index (χ2n) is 20.0. The molecule has 6 aliphatic heterocycles. The molecule has 14 N–H and O–H groups in total. The SMILES string of the molecule is Nc1nc2c(nnn2[C@@H]2O[C@@H]3COP(O)(=S)O[C@H]4C[C@H](c5cnc6c(N)ccnn56)O[C@@H]4COP(O)(=S)O[C@@H]2[C@H]3F)c(=O)[nH]1.Nc1nc2c(nnn2[C@@H]2O[C@@H]3COP(O)(=S)O[C@H]4C[C@H](c5cnc6c(N)ccnn56)O[C@@H]4COP(O)(=S)O[C@@H]2[C@H]3F)c(=O)[nH]1. The van der Waals surface area contributed by atoms with Crippen LogP contribution < -0.4 is 34.1 Å². The second kappa shape index (κ2) is 23.5. The Morgan fingerprint density at radius 1 is 0.534 bits per heavy atom. The number of alkyl halides is 2. The first-order valence-corrected chi connectivity index (χ1v) is 36.0. The topological polar surface area (TPSA) is 509 Å². The fraction of sp³-hybridized carbons (Fsp3) is 0.500. The van der Waals surface area contributed by atoms with E-state index in [4.69, 9.17) is 125 Å². The van der Waals surface area contributed by atoms with E-state index in [0.29, 0.717) is 34.1 Å². The summed E-state index contributed by atoms with van der Waals surface area (Å²) in [5.41, 5.74) is 23.9. The smallest absolute Gasteiger partial charge is 0.325 e. The summed E-state index contributed by atoms with van der Waals surface area (Å²) in [4.78, 5) is 89.6. The van der Waals surface area contributed by atoms with E-state index in [1.807, 2.05) is 0 Å². The Hall–Kier alpha value is -5.18. The Morgan fingerprint density at radius 2 is 0.909 bits per heavy atom. The van der Waals surface area contributed by atoms with Gasteiger partial charge in [-0.05, 0) is 59.4 Å². The van der Waals surface area contributed by atoms with Gasteiger partial charge in [-0.15, -0.1) is 10.2 Å². The highest BCUT2D eigenvalue weighted by Gasteiger charge is 2.54. The van der Waals surface area contributed by atoms with Gasteiger partial charge in [-0.3, -0.25) is 28.6 Å². The standard InChI is InChI=1S/2C20H23FN10O9P2S2/c2*21-13-12-6-36-41(33,43)39-10-3-9(8-4-24-16-7(22)1-2-25-30(8)16)37-11(10)5-35-42(34,44)40-15(13)19(38-12)31-17-14(28-29-31)18(32)27-20(23)26-17/h2*1-2,4,9-13,15,19H,3,5-6,22H2,(H,33,43)(H,34,44)(H3,23,26,27,32)/t2*9-,10+,11-,12-,13+,15-,19-,41?,42?/m11/s1. The van der Waals surface area contributed by atoms with Crippen LogP contribution in [0, 0.1) is 0 Å². The fourth-order valence-corrected chi connectivity index (χ4v) is 16.2. The summed E-state index contributed by atoms with van der Waals surface area (Å²) in [6.07, 6.45) is -11.9. The van der Waals surface area contributed by atoms with Gasteiger partial charge >= 0.3 is 26.9 Å². The lowest BCUT2D eigenvalue weighted by Gasteiger charge is -2.27. The number of hydrogen-bond donors (Lipinski definition) is 10. The fourth-order valence-electron chi connectivity index (χ4n) is 10.4.